The quantitative estimate of drug-likeness (QED) is 0.234. The van der Waals surface area contributed by atoms with Crippen LogP contribution in [0.25, 0.3) is 0 Å². The third-order valence-corrected chi connectivity index (χ3v) is 3.32. The Morgan fingerprint density at radius 2 is 1.96 bits per heavy atom. The van der Waals surface area contributed by atoms with Gasteiger partial charge in [0.1, 0.15) is 12.7 Å². The smallest absolute Gasteiger partial charge is 0.330 e. The van der Waals surface area contributed by atoms with Gasteiger partial charge in [-0.15, -0.1) is 0 Å². The molecule has 0 aliphatic heterocycles. The van der Waals surface area contributed by atoms with Gasteiger partial charge in [-0.3, -0.25) is 14.9 Å². The van der Waals surface area contributed by atoms with E-state index in [1.165, 1.54) is 24.3 Å². The first-order valence-electron chi connectivity index (χ1n) is 6.56. The van der Waals surface area contributed by atoms with E-state index in [4.69, 9.17) is 27.9 Å². The molecule has 1 aromatic rings. The molecule has 0 bridgehead atoms. The van der Waals surface area contributed by atoms with Crippen molar-refractivity contribution in [3.63, 3.8) is 0 Å². The maximum Gasteiger partial charge on any atom is 0.330 e. The fourth-order valence-electron chi connectivity index (χ4n) is 1.71. The van der Waals surface area contributed by atoms with Gasteiger partial charge in [0.15, 0.2) is 4.84 Å². The van der Waals surface area contributed by atoms with E-state index < -0.39 is 33.8 Å². The lowest BCUT2D eigenvalue weighted by atomic mass is 10.0. The van der Waals surface area contributed by atoms with Crippen molar-refractivity contribution in [2.45, 2.75) is 17.0 Å². The summed E-state index contributed by atoms with van der Waals surface area (Å²) in [5.74, 6) is -1.54. The number of nitrogens with one attached hydrogen (secondary N) is 1. The predicted octanol–water partition coefficient (Wildman–Crippen LogP) is 1.65. The number of aliphatic hydroxyl groups is 1. The molecular formula is C14H14Cl2N2O6. The van der Waals surface area contributed by atoms with Gasteiger partial charge in [-0.25, -0.2) is 4.79 Å². The molecule has 8 nitrogen and oxygen atoms in total. The number of ether oxygens (including phenoxy) is 1. The average Bonchev–Trinajstić information content (AvgIpc) is 2.57. The van der Waals surface area contributed by atoms with Crippen molar-refractivity contribution < 1.29 is 24.4 Å². The number of nitro benzene ring substituents is 1. The molecule has 0 fully saturated rings. The number of esters is 1. The summed E-state index contributed by atoms with van der Waals surface area (Å²) >= 11 is 10.9. The second kappa shape index (κ2) is 9.21. The monoisotopic (exact) mass is 376 g/mol. The number of hydrogen-bond acceptors (Lipinski definition) is 6. The minimum absolute atomic E-state index is 0.161. The number of benzene rings is 1. The van der Waals surface area contributed by atoms with Crippen molar-refractivity contribution >= 4 is 40.8 Å². The summed E-state index contributed by atoms with van der Waals surface area (Å²) in [6.45, 7) is 2.85. The predicted molar refractivity (Wildman–Crippen MR) is 86.6 cm³/mol. The molecule has 1 aromatic carbocycles. The van der Waals surface area contributed by atoms with Crippen molar-refractivity contribution in [3.8, 4) is 0 Å². The highest BCUT2D eigenvalue weighted by Gasteiger charge is 2.26. The average molecular weight is 377 g/mol. The molecule has 2 atom stereocenters. The minimum Gasteiger partial charge on any atom is -0.460 e. The number of carbonyl (C=O) groups excluding carboxylic acids is 2. The summed E-state index contributed by atoms with van der Waals surface area (Å²) in [5.41, 5.74) is 0.104. The van der Waals surface area contributed by atoms with Crippen LogP contribution in [0.15, 0.2) is 36.9 Å². The second-order valence-electron chi connectivity index (χ2n) is 4.54. The van der Waals surface area contributed by atoms with Crippen molar-refractivity contribution in [1.29, 1.82) is 0 Å². The Morgan fingerprint density at radius 3 is 2.42 bits per heavy atom. The van der Waals surface area contributed by atoms with E-state index in [1.54, 1.807) is 0 Å². The number of non-ortho nitro benzene ring substituents is 1. The number of nitro groups is 1. The number of halogens is 2. The molecule has 0 radical (unpaired) electrons. The van der Waals surface area contributed by atoms with E-state index in [-0.39, 0.29) is 17.9 Å². The summed E-state index contributed by atoms with van der Waals surface area (Å²) < 4.78 is 4.81. The fourth-order valence-corrected chi connectivity index (χ4v) is 1.84. The van der Waals surface area contributed by atoms with Gasteiger partial charge >= 0.3 is 5.97 Å². The van der Waals surface area contributed by atoms with Crippen LogP contribution in [0.3, 0.4) is 0 Å². The van der Waals surface area contributed by atoms with E-state index in [0.717, 1.165) is 6.08 Å². The third kappa shape index (κ3) is 5.80. The van der Waals surface area contributed by atoms with Gasteiger partial charge in [-0.1, -0.05) is 29.8 Å². The van der Waals surface area contributed by atoms with Crippen LogP contribution in [0.4, 0.5) is 5.69 Å². The van der Waals surface area contributed by atoms with E-state index in [1.807, 2.05) is 0 Å². The highest BCUT2D eigenvalue weighted by molar-refractivity contribution is 6.53. The Labute approximate surface area is 147 Å². The van der Waals surface area contributed by atoms with Crippen LogP contribution in [-0.4, -0.2) is 39.4 Å². The van der Waals surface area contributed by atoms with Crippen LogP contribution in [0.5, 0.6) is 0 Å². The van der Waals surface area contributed by atoms with Crippen molar-refractivity contribution in [1.82, 2.24) is 5.32 Å². The molecular weight excluding hydrogens is 363 g/mol. The first-order chi connectivity index (χ1) is 11.3. The van der Waals surface area contributed by atoms with Crippen LogP contribution < -0.4 is 5.32 Å². The molecule has 0 saturated heterocycles. The highest BCUT2D eigenvalue weighted by Crippen LogP contribution is 2.21. The molecule has 0 aliphatic carbocycles. The maximum atomic E-state index is 11.6. The standard InChI is InChI=1S/C14H14Cl2N2O6/c1-2-11(19)24-7-10(17-14(21)13(15)16)12(20)8-3-5-9(6-4-8)18(22)23/h2-6,10,12-13,20H,1,7H2,(H,17,21)/t10-,12-/m1/s1. The third-order valence-electron chi connectivity index (χ3n) is 2.92. The zero-order valence-corrected chi connectivity index (χ0v) is 13.7. The van der Waals surface area contributed by atoms with Crippen molar-refractivity contribution in [2.75, 3.05) is 6.61 Å². The lowest BCUT2D eigenvalue weighted by Gasteiger charge is -2.24. The molecule has 130 valence electrons. The molecule has 0 aliphatic rings. The highest BCUT2D eigenvalue weighted by atomic mass is 35.5. The van der Waals surface area contributed by atoms with Crippen LogP contribution in [0.1, 0.15) is 11.7 Å². The molecule has 0 heterocycles. The summed E-state index contributed by atoms with van der Waals surface area (Å²) in [6.07, 6.45) is -0.400. The Morgan fingerprint density at radius 1 is 1.38 bits per heavy atom. The molecule has 0 saturated carbocycles. The Bertz CT molecular complexity index is 620. The topological polar surface area (TPSA) is 119 Å². The van der Waals surface area contributed by atoms with Crippen molar-refractivity contribution in [2.24, 2.45) is 0 Å². The van der Waals surface area contributed by atoms with E-state index in [0.29, 0.717) is 0 Å². The van der Waals surface area contributed by atoms with Crippen LogP contribution in [0.2, 0.25) is 0 Å². The lowest BCUT2D eigenvalue weighted by Crippen LogP contribution is -2.45. The van der Waals surface area contributed by atoms with Gasteiger partial charge in [-0.05, 0) is 17.7 Å². The largest absolute Gasteiger partial charge is 0.460 e. The van der Waals surface area contributed by atoms with Gasteiger partial charge in [0.25, 0.3) is 11.6 Å². The maximum absolute atomic E-state index is 11.6. The lowest BCUT2D eigenvalue weighted by molar-refractivity contribution is -0.384. The zero-order chi connectivity index (χ0) is 18.3. The molecule has 10 heteroatoms. The SMILES string of the molecule is C=CC(=O)OC[C@@H](NC(=O)C(Cl)Cl)[C@H](O)c1ccc([N+](=O)[O-])cc1. The van der Waals surface area contributed by atoms with Gasteiger partial charge in [0.05, 0.1) is 11.0 Å². The Balaban J connectivity index is 2.93. The number of alkyl halides is 2. The first kappa shape index (κ1) is 19.9. The zero-order valence-electron chi connectivity index (χ0n) is 12.2. The van der Waals surface area contributed by atoms with E-state index >= 15 is 0 Å². The van der Waals surface area contributed by atoms with Gasteiger partial charge < -0.3 is 15.2 Å². The Hall–Kier alpha value is -2.16. The van der Waals surface area contributed by atoms with E-state index in [2.05, 4.69) is 11.9 Å². The van der Waals surface area contributed by atoms with Gasteiger partial charge in [-0.2, -0.15) is 0 Å². The normalized spacial score (nSPS) is 13.0. The molecule has 0 unspecified atom stereocenters. The fraction of sp³-hybridized carbons (Fsp3) is 0.286. The van der Waals surface area contributed by atoms with Crippen LogP contribution >= 0.6 is 23.2 Å². The molecule has 0 spiro atoms. The Kier molecular flexibility index (Phi) is 7.63. The number of aliphatic hydroxyl groups excluding tert-OH is 1. The molecule has 0 aromatic heterocycles. The molecule has 1 rings (SSSR count). The summed E-state index contributed by atoms with van der Waals surface area (Å²) in [4.78, 5) is 31.4. The van der Waals surface area contributed by atoms with Crippen LogP contribution in [-0.2, 0) is 14.3 Å². The summed E-state index contributed by atoms with van der Waals surface area (Å²) in [6, 6.07) is 3.95. The van der Waals surface area contributed by atoms with Gasteiger partial charge in [0, 0.05) is 18.2 Å². The van der Waals surface area contributed by atoms with E-state index in [9.17, 15) is 24.8 Å². The summed E-state index contributed by atoms with van der Waals surface area (Å²) in [5, 5.41) is 23.3. The van der Waals surface area contributed by atoms with Crippen molar-refractivity contribution in [3.05, 3.63) is 52.6 Å². The number of rotatable bonds is 8. The summed E-state index contributed by atoms with van der Waals surface area (Å²) in [7, 11) is 0. The number of nitrogens with zero attached hydrogens (tertiary/aromatic N) is 1. The second-order valence-corrected chi connectivity index (χ2v) is 5.64. The van der Waals surface area contributed by atoms with Gasteiger partial charge in [0.2, 0.25) is 0 Å². The number of carbonyl (C=O) groups is 2. The minimum atomic E-state index is -1.38. The molecule has 24 heavy (non-hydrogen) atoms. The number of amides is 1. The number of hydrogen-bond donors (Lipinski definition) is 2. The molecule has 2 N–H and O–H groups in total. The van der Waals surface area contributed by atoms with Crippen LogP contribution in [0, 0.1) is 10.1 Å². The first-order valence-corrected chi connectivity index (χ1v) is 7.43. The molecule has 1 amide bonds.